The Morgan fingerprint density at radius 2 is 2.00 bits per heavy atom. The summed E-state index contributed by atoms with van der Waals surface area (Å²) in [6, 6.07) is 10.4. The lowest BCUT2D eigenvalue weighted by Crippen LogP contribution is -2.43. The van der Waals surface area contributed by atoms with Gasteiger partial charge < -0.3 is 14.2 Å². The Kier molecular flexibility index (Phi) is 7.12. The van der Waals surface area contributed by atoms with Crippen LogP contribution in [0.25, 0.3) is 0 Å². The summed E-state index contributed by atoms with van der Waals surface area (Å²) in [5.41, 5.74) is 1.18. The molecule has 41 heavy (non-hydrogen) atoms. The zero-order chi connectivity index (χ0) is 28.8. The van der Waals surface area contributed by atoms with Crippen molar-refractivity contribution in [3.8, 4) is 12.3 Å². The molecule has 0 radical (unpaired) electrons. The molecule has 0 N–H and O–H groups in total. The van der Waals surface area contributed by atoms with Crippen molar-refractivity contribution in [1.82, 2.24) is 19.7 Å². The Balaban J connectivity index is 1.32. The molecule has 0 unspecified atom stereocenters. The summed E-state index contributed by atoms with van der Waals surface area (Å²) < 4.78 is 50.2. The van der Waals surface area contributed by atoms with Crippen LogP contribution in [0.3, 0.4) is 0 Å². The monoisotopic (exact) mass is 563 g/mol. The van der Waals surface area contributed by atoms with Crippen LogP contribution in [-0.2, 0) is 42.9 Å². The molecule has 3 heterocycles. The van der Waals surface area contributed by atoms with E-state index in [2.05, 4.69) is 21.0 Å². The van der Waals surface area contributed by atoms with E-state index in [0.29, 0.717) is 44.0 Å². The van der Waals surface area contributed by atoms with E-state index in [1.54, 1.807) is 18.5 Å². The van der Waals surface area contributed by atoms with Crippen LogP contribution in [-0.4, -0.2) is 51.9 Å². The van der Waals surface area contributed by atoms with Gasteiger partial charge in [0.25, 0.3) is 5.91 Å². The summed E-state index contributed by atoms with van der Waals surface area (Å²) in [4.78, 5) is 17.2. The number of fused-ring (bicyclic) bond motifs is 1. The predicted molar refractivity (Wildman–Crippen MR) is 147 cm³/mol. The normalized spacial score (nSPS) is 23.1. The number of halogens is 3. The predicted octanol–water partition coefficient (Wildman–Crippen LogP) is 4.74. The highest BCUT2D eigenvalue weighted by molar-refractivity contribution is 6.10. The van der Waals surface area contributed by atoms with Crippen LogP contribution in [0.5, 0.6) is 0 Å². The van der Waals surface area contributed by atoms with E-state index >= 15 is 0 Å². The van der Waals surface area contributed by atoms with Gasteiger partial charge in [-0.1, -0.05) is 12.1 Å². The third kappa shape index (κ3) is 5.24. The number of ether oxygens (including phenoxy) is 1. The van der Waals surface area contributed by atoms with E-state index in [4.69, 9.17) is 11.2 Å². The summed E-state index contributed by atoms with van der Waals surface area (Å²) in [5.74, 6) is 3.39. The molecule has 1 aliphatic carbocycles. The Hall–Kier alpha value is -3.68. The molecule has 214 valence electrons. The molecule has 0 bridgehead atoms. The number of rotatable bonds is 6. The third-order valence-electron chi connectivity index (χ3n) is 8.71. The second-order valence-electron chi connectivity index (χ2n) is 11.4. The maximum Gasteiger partial charge on any atom is 0.416 e. The summed E-state index contributed by atoms with van der Waals surface area (Å²) in [5, 5.41) is 8.27. The topological polar surface area (TPSA) is 63.5 Å². The van der Waals surface area contributed by atoms with Crippen LogP contribution >= 0.6 is 0 Å². The number of carbonyl (C=O) groups excluding carboxylic acids is 1. The molecular weight excluding hydrogens is 531 g/mol. The molecule has 1 amide bonds. The van der Waals surface area contributed by atoms with Gasteiger partial charge in [0.15, 0.2) is 0 Å². The molecule has 6 rings (SSSR count). The Bertz CT molecular complexity index is 1490. The van der Waals surface area contributed by atoms with E-state index in [-0.39, 0.29) is 29.0 Å². The smallest absolute Gasteiger partial charge is 0.380 e. The number of hydrogen-bond donors (Lipinski definition) is 0. The first-order chi connectivity index (χ1) is 19.7. The molecule has 0 atom stereocenters. The molecule has 1 aromatic heterocycles. The van der Waals surface area contributed by atoms with Crippen LogP contribution in [0, 0.1) is 18.3 Å². The number of benzene rings is 2. The minimum atomic E-state index is -4.57. The highest BCUT2D eigenvalue weighted by atomic mass is 19.4. The van der Waals surface area contributed by atoms with Crippen molar-refractivity contribution >= 4 is 11.6 Å². The lowest BCUT2D eigenvalue weighted by Gasteiger charge is -2.46. The highest BCUT2D eigenvalue weighted by Crippen LogP contribution is 2.50. The van der Waals surface area contributed by atoms with E-state index < -0.39 is 17.6 Å². The van der Waals surface area contributed by atoms with Crippen molar-refractivity contribution in [1.29, 1.82) is 0 Å². The van der Waals surface area contributed by atoms with Crippen LogP contribution in [0.15, 0.2) is 42.7 Å². The van der Waals surface area contributed by atoms with Gasteiger partial charge in [-0.05, 0) is 60.2 Å². The number of nitrogens with zero attached hydrogens (tertiary/aromatic N) is 5. The fourth-order valence-electron chi connectivity index (χ4n) is 6.49. The fraction of sp³-hybridized carbons (Fsp3) is 0.452. The zero-order valence-electron chi connectivity index (χ0n) is 23.0. The van der Waals surface area contributed by atoms with Gasteiger partial charge in [0.2, 0.25) is 0 Å². The SMILES string of the molecule is C#CC1CC(Cc2nncn2C)(c2cccc(N3Cc4c(cc(CN5CCCOCC5)cc4C(F)(F)F)C3=O)c2)C1. The number of aryl methyl sites for hydroxylation is 1. The molecule has 2 aromatic carbocycles. The maximum atomic E-state index is 14.3. The molecule has 0 spiro atoms. The van der Waals surface area contributed by atoms with Gasteiger partial charge in [0.05, 0.1) is 18.7 Å². The number of aromatic nitrogens is 3. The summed E-state index contributed by atoms with van der Waals surface area (Å²) in [7, 11) is 1.89. The zero-order valence-corrected chi connectivity index (χ0v) is 23.0. The Labute approximate surface area is 237 Å². The van der Waals surface area contributed by atoms with Gasteiger partial charge in [-0.25, -0.2) is 0 Å². The second-order valence-corrected chi connectivity index (χ2v) is 11.4. The summed E-state index contributed by atoms with van der Waals surface area (Å²) in [6.45, 7) is 2.77. The van der Waals surface area contributed by atoms with E-state index in [1.165, 1.54) is 11.0 Å². The molecule has 3 aromatic rings. The molecule has 2 fully saturated rings. The Morgan fingerprint density at radius 3 is 2.73 bits per heavy atom. The quantitative estimate of drug-likeness (QED) is 0.406. The number of amides is 1. The van der Waals surface area contributed by atoms with Crippen LogP contribution < -0.4 is 4.90 Å². The van der Waals surface area contributed by atoms with Crippen molar-refractivity contribution in [2.24, 2.45) is 13.0 Å². The van der Waals surface area contributed by atoms with Crippen molar-refractivity contribution in [2.75, 3.05) is 31.2 Å². The van der Waals surface area contributed by atoms with Crippen molar-refractivity contribution in [3.63, 3.8) is 0 Å². The molecule has 1 saturated heterocycles. The summed E-state index contributed by atoms with van der Waals surface area (Å²) in [6.07, 6.45) is 5.78. The van der Waals surface area contributed by atoms with Crippen molar-refractivity contribution in [2.45, 2.75) is 50.4 Å². The largest absolute Gasteiger partial charge is 0.416 e. The first kappa shape index (κ1) is 27.5. The van der Waals surface area contributed by atoms with Crippen LogP contribution in [0.2, 0.25) is 0 Å². The van der Waals surface area contributed by atoms with Crippen molar-refractivity contribution in [3.05, 3.63) is 76.4 Å². The lowest BCUT2D eigenvalue weighted by atomic mass is 9.57. The average molecular weight is 564 g/mol. The van der Waals surface area contributed by atoms with Gasteiger partial charge in [-0.2, -0.15) is 13.2 Å². The van der Waals surface area contributed by atoms with Crippen LogP contribution in [0.1, 0.15) is 57.7 Å². The number of carbonyl (C=O) groups is 1. The number of terminal acetylenes is 1. The molecule has 7 nitrogen and oxygen atoms in total. The van der Waals surface area contributed by atoms with Crippen molar-refractivity contribution < 1.29 is 22.7 Å². The van der Waals surface area contributed by atoms with E-state index in [0.717, 1.165) is 37.2 Å². The van der Waals surface area contributed by atoms with Gasteiger partial charge in [0, 0.05) is 62.3 Å². The fourth-order valence-corrected chi connectivity index (χ4v) is 6.49. The minimum absolute atomic E-state index is 0.0284. The van der Waals surface area contributed by atoms with Gasteiger partial charge in [0.1, 0.15) is 12.2 Å². The molecular formula is C31H32F3N5O2. The second kappa shape index (κ2) is 10.6. The minimum Gasteiger partial charge on any atom is -0.380 e. The third-order valence-corrected chi connectivity index (χ3v) is 8.71. The first-order valence-electron chi connectivity index (χ1n) is 13.9. The number of alkyl halides is 3. The number of anilines is 1. The van der Waals surface area contributed by atoms with E-state index in [1.807, 2.05) is 29.8 Å². The lowest BCUT2D eigenvalue weighted by molar-refractivity contribution is -0.138. The molecule has 3 aliphatic rings. The Morgan fingerprint density at radius 1 is 1.17 bits per heavy atom. The highest BCUT2D eigenvalue weighted by Gasteiger charge is 2.46. The maximum absolute atomic E-state index is 14.3. The van der Waals surface area contributed by atoms with Crippen LogP contribution in [0.4, 0.5) is 18.9 Å². The van der Waals surface area contributed by atoms with Gasteiger partial charge in [-0.3, -0.25) is 9.69 Å². The first-order valence-corrected chi connectivity index (χ1v) is 13.9. The molecule has 1 saturated carbocycles. The van der Waals surface area contributed by atoms with E-state index in [9.17, 15) is 18.0 Å². The number of hydrogen-bond acceptors (Lipinski definition) is 5. The van der Waals surface area contributed by atoms with Gasteiger partial charge in [-0.15, -0.1) is 22.5 Å². The molecule has 2 aliphatic heterocycles. The summed E-state index contributed by atoms with van der Waals surface area (Å²) >= 11 is 0. The standard InChI is InChI=1S/C31H32F3N5O2/c1-3-21-15-30(16-21,17-28-36-35-20-37(28)2)23-6-4-7-24(14-23)39-19-26-25(29(39)40)12-22(13-27(26)31(32,33)34)18-38-8-5-10-41-11-9-38/h1,4,6-7,12-14,20-21H,5,8-11,15-19H2,2H3. The van der Waals surface area contributed by atoms with Gasteiger partial charge >= 0.3 is 6.18 Å². The average Bonchev–Trinajstić information content (AvgIpc) is 3.36. The molecule has 10 heteroatoms.